The second kappa shape index (κ2) is 10.5. The van der Waals surface area contributed by atoms with Crippen molar-refractivity contribution in [2.45, 2.75) is 59.6 Å². The number of alkyl carbamates (subject to hydrolysis) is 1. The summed E-state index contributed by atoms with van der Waals surface area (Å²) in [5.74, 6) is 0. The minimum atomic E-state index is -0.635. The van der Waals surface area contributed by atoms with Gasteiger partial charge in [0.25, 0.3) is 5.56 Å². The van der Waals surface area contributed by atoms with Crippen LogP contribution < -0.4 is 10.9 Å². The highest BCUT2D eigenvalue weighted by Crippen LogP contribution is 2.36. The van der Waals surface area contributed by atoms with Crippen molar-refractivity contribution >= 4 is 16.9 Å². The van der Waals surface area contributed by atoms with E-state index in [1.165, 1.54) is 0 Å². The number of carbonyl (C=O) groups is 1. The molecule has 38 heavy (non-hydrogen) atoms. The summed E-state index contributed by atoms with van der Waals surface area (Å²) in [4.78, 5) is 24.8. The van der Waals surface area contributed by atoms with E-state index >= 15 is 0 Å². The zero-order valence-corrected chi connectivity index (χ0v) is 22.6. The van der Waals surface area contributed by atoms with Gasteiger partial charge in [-0.05, 0) is 68.5 Å². The molecular weight excluding hydrogens is 480 g/mol. The summed E-state index contributed by atoms with van der Waals surface area (Å²) >= 11 is 0. The van der Waals surface area contributed by atoms with Crippen molar-refractivity contribution in [3.05, 3.63) is 69.3 Å². The molecule has 2 aromatic carbocycles. The predicted molar refractivity (Wildman–Crippen MR) is 147 cm³/mol. The molecule has 0 radical (unpaired) electrons. The first-order valence-electron chi connectivity index (χ1n) is 12.6. The van der Waals surface area contributed by atoms with Gasteiger partial charge in [-0.2, -0.15) is 15.5 Å². The van der Waals surface area contributed by atoms with Gasteiger partial charge in [-0.25, -0.2) is 9.89 Å². The van der Waals surface area contributed by atoms with E-state index in [1.807, 2.05) is 26.1 Å². The van der Waals surface area contributed by atoms with Crippen molar-refractivity contribution in [3.8, 4) is 28.5 Å². The van der Waals surface area contributed by atoms with Gasteiger partial charge < -0.3 is 10.1 Å². The van der Waals surface area contributed by atoms with Crippen LogP contribution in [0.4, 0.5) is 4.79 Å². The Bertz CT molecular complexity index is 1620. The zero-order valence-electron chi connectivity index (χ0n) is 22.6. The van der Waals surface area contributed by atoms with Gasteiger partial charge in [-0.15, -0.1) is 0 Å². The van der Waals surface area contributed by atoms with Crippen LogP contribution in [0, 0.1) is 11.3 Å². The maximum Gasteiger partial charge on any atom is 0.407 e. The lowest BCUT2D eigenvalue weighted by molar-refractivity contribution is 0.0523. The Kier molecular flexibility index (Phi) is 7.35. The van der Waals surface area contributed by atoms with E-state index < -0.39 is 11.7 Å². The van der Waals surface area contributed by atoms with E-state index in [9.17, 15) is 14.9 Å². The fraction of sp³-hybridized carbons (Fsp3) is 0.345. The Morgan fingerprint density at radius 2 is 1.89 bits per heavy atom. The molecule has 9 heteroatoms. The number of nitrogens with zero attached hydrogens (tertiary/aromatic N) is 4. The van der Waals surface area contributed by atoms with Gasteiger partial charge in [0.2, 0.25) is 0 Å². The molecule has 9 nitrogen and oxygen atoms in total. The molecule has 0 aliphatic carbocycles. The van der Waals surface area contributed by atoms with Gasteiger partial charge >= 0.3 is 6.09 Å². The summed E-state index contributed by atoms with van der Waals surface area (Å²) in [7, 11) is 1.85. The molecule has 0 aliphatic heterocycles. The molecule has 4 rings (SSSR count). The zero-order chi connectivity index (χ0) is 27.6. The predicted octanol–water partition coefficient (Wildman–Crippen LogP) is 5.01. The monoisotopic (exact) mass is 512 g/mol. The topological polar surface area (TPSA) is 126 Å². The number of hydrogen-bond donors (Lipinski definition) is 2. The van der Waals surface area contributed by atoms with E-state index in [0.717, 1.165) is 46.4 Å². The number of nitriles is 1. The number of ether oxygens (including phenoxy) is 1. The SMILES string of the molecule is CCc1cc(CC)c(C#N)c(-c2c(-c3ccc4c(=O)[nH]nc(CNC(=O)OC(C)(C)C)c4c3)cnn2C)c1. The van der Waals surface area contributed by atoms with Crippen LogP contribution in [0.2, 0.25) is 0 Å². The number of carbonyl (C=O) groups excluding carboxylic acids is 1. The molecule has 0 bridgehead atoms. The van der Waals surface area contributed by atoms with Crippen LogP contribution in [-0.2, 0) is 31.2 Å². The highest BCUT2D eigenvalue weighted by atomic mass is 16.6. The number of fused-ring (bicyclic) bond motifs is 1. The number of aryl methyl sites for hydroxylation is 3. The van der Waals surface area contributed by atoms with E-state index in [2.05, 4.69) is 45.7 Å². The summed E-state index contributed by atoms with van der Waals surface area (Å²) in [6.07, 6.45) is 2.78. The largest absolute Gasteiger partial charge is 0.444 e. The van der Waals surface area contributed by atoms with Crippen LogP contribution in [0.5, 0.6) is 0 Å². The summed E-state index contributed by atoms with van der Waals surface area (Å²) in [5.41, 5.74) is 5.60. The number of aromatic amines is 1. The van der Waals surface area contributed by atoms with Gasteiger partial charge in [-0.3, -0.25) is 9.48 Å². The molecule has 0 saturated carbocycles. The van der Waals surface area contributed by atoms with Crippen LogP contribution in [0.1, 0.15) is 57.0 Å². The number of amides is 1. The molecule has 0 atom stereocenters. The number of benzene rings is 2. The van der Waals surface area contributed by atoms with Crippen molar-refractivity contribution in [2.75, 3.05) is 0 Å². The fourth-order valence-corrected chi connectivity index (χ4v) is 4.53. The second-order valence-electron chi connectivity index (χ2n) is 10.1. The van der Waals surface area contributed by atoms with Crippen LogP contribution in [0.3, 0.4) is 0 Å². The molecule has 2 heterocycles. The van der Waals surface area contributed by atoms with Gasteiger partial charge in [0, 0.05) is 23.6 Å². The van der Waals surface area contributed by atoms with Gasteiger partial charge in [0.1, 0.15) is 11.7 Å². The Hall–Kier alpha value is -4.45. The third kappa shape index (κ3) is 5.30. The third-order valence-electron chi connectivity index (χ3n) is 6.35. The molecule has 0 unspecified atom stereocenters. The minimum absolute atomic E-state index is 0.0720. The number of rotatable bonds is 6. The third-order valence-corrected chi connectivity index (χ3v) is 6.35. The molecule has 4 aromatic rings. The van der Waals surface area contributed by atoms with Crippen LogP contribution in [0.15, 0.2) is 41.3 Å². The van der Waals surface area contributed by atoms with Crippen LogP contribution in [-0.4, -0.2) is 31.7 Å². The normalized spacial score (nSPS) is 11.4. The molecule has 1 amide bonds. The summed E-state index contributed by atoms with van der Waals surface area (Å²) in [6.45, 7) is 9.57. The van der Waals surface area contributed by atoms with Crippen LogP contribution in [0.25, 0.3) is 33.2 Å². The first kappa shape index (κ1) is 26.6. The fourth-order valence-electron chi connectivity index (χ4n) is 4.53. The standard InChI is InChI=1S/C29H32N6O3/c1-7-17-11-18(8-2)23(14-30)22(12-17)26-24(15-32-35(26)6)19-9-10-20-21(13-19)25(33-34-27(20)36)16-31-28(37)38-29(3,4)5/h9-13,15H,7-8,16H2,1-6H3,(H,31,37)(H,34,36). The summed E-state index contributed by atoms with van der Waals surface area (Å²) in [6, 6.07) is 12.0. The Balaban J connectivity index is 1.84. The molecule has 0 saturated heterocycles. The number of nitrogens with one attached hydrogen (secondary N) is 2. The van der Waals surface area contributed by atoms with Gasteiger partial charge in [0.05, 0.1) is 35.1 Å². The average Bonchev–Trinajstić information content (AvgIpc) is 3.27. The summed E-state index contributed by atoms with van der Waals surface area (Å²) < 4.78 is 7.10. The van der Waals surface area contributed by atoms with Gasteiger partial charge in [0.15, 0.2) is 0 Å². The van der Waals surface area contributed by atoms with Crippen molar-refractivity contribution in [1.29, 1.82) is 5.26 Å². The molecule has 2 aromatic heterocycles. The van der Waals surface area contributed by atoms with E-state index in [4.69, 9.17) is 4.74 Å². The Morgan fingerprint density at radius 1 is 1.13 bits per heavy atom. The smallest absolute Gasteiger partial charge is 0.407 e. The van der Waals surface area contributed by atoms with E-state index in [-0.39, 0.29) is 12.1 Å². The Morgan fingerprint density at radius 3 is 2.55 bits per heavy atom. The maximum atomic E-state index is 12.5. The highest BCUT2D eigenvalue weighted by molar-refractivity contribution is 5.92. The first-order valence-corrected chi connectivity index (χ1v) is 12.6. The first-order chi connectivity index (χ1) is 18.1. The highest BCUT2D eigenvalue weighted by Gasteiger charge is 2.21. The molecule has 0 spiro atoms. The van der Waals surface area contributed by atoms with Crippen molar-refractivity contribution in [3.63, 3.8) is 0 Å². The number of hydrogen-bond acceptors (Lipinski definition) is 6. The number of H-pyrrole nitrogens is 1. The van der Waals surface area contributed by atoms with Crippen LogP contribution >= 0.6 is 0 Å². The minimum Gasteiger partial charge on any atom is -0.444 e. The lowest BCUT2D eigenvalue weighted by Crippen LogP contribution is -2.32. The Labute approximate surface area is 221 Å². The van der Waals surface area contributed by atoms with Gasteiger partial charge in [-0.1, -0.05) is 26.0 Å². The molecule has 2 N–H and O–H groups in total. The average molecular weight is 513 g/mol. The van der Waals surface area contributed by atoms with E-state index in [1.54, 1.807) is 37.7 Å². The summed E-state index contributed by atoms with van der Waals surface area (Å²) in [5, 5.41) is 25.0. The van der Waals surface area contributed by atoms with Crippen molar-refractivity contribution in [2.24, 2.45) is 7.05 Å². The van der Waals surface area contributed by atoms with E-state index in [0.29, 0.717) is 22.0 Å². The molecule has 0 aliphatic rings. The lowest BCUT2D eigenvalue weighted by atomic mass is 9.91. The number of aromatic nitrogens is 4. The molecule has 196 valence electrons. The van der Waals surface area contributed by atoms with Crippen molar-refractivity contribution in [1.82, 2.24) is 25.3 Å². The second-order valence-corrected chi connectivity index (χ2v) is 10.1. The van der Waals surface area contributed by atoms with Crippen molar-refractivity contribution < 1.29 is 9.53 Å². The molecular formula is C29H32N6O3. The molecule has 0 fully saturated rings. The lowest BCUT2D eigenvalue weighted by Gasteiger charge is -2.19. The maximum absolute atomic E-state index is 12.5. The quantitative estimate of drug-likeness (QED) is 0.374.